The second-order valence-electron chi connectivity index (χ2n) is 4.70. The number of hydrogen-bond acceptors (Lipinski definition) is 4. The maximum Gasteiger partial charge on any atom is 0.277 e. The van der Waals surface area contributed by atoms with E-state index in [0.717, 1.165) is 22.7 Å². The lowest BCUT2D eigenvalue weighted by Gasteiger charge is -2.20. The highest BCUT2D eigenvalue weighted by molar-refractivity contribution is 7.14. The first-order valence-electron chi connectivity index (χ1n) is 6.85. The third-order valence-corrected chi connectivity index (χ3v) is 4.84. The van der Waals surface area contributed by atoms with Crippen molar-refractivity contribution >= 4 is 34.3 Å². The largest absolute Gasteiger partial charge is 0.307 e. The molecule has 0 saturated carbocycles. The molecular weight excluding hydrogens is 338 g/mol. The van der Waals surface area contributed by atoms with E-state index in [1.165, 1.54) is 22.3 Å². The van der Waals surface area contributed by atoms with Crippen molar-refractivity contribution in [2.75, 3.05) is 11.4 Å². The van der Waals surface area contributed by atoms with E-state index >= 15 is 0 Å². The average molecular weight is 350 g/mol. The number of amides is 1. The van der Waals surface area contributed by atoms with Crippen LogP contribution in [0, 0.1) is 11.6 Å². The van der Waals surface area contributed by atoms with Crippen molar-refractivity contribution in [3.63, 3.8) is 0 Å². The number of rotatable bonds is 4. The molecule has 1 amide bonds. The number of thiophene rings is 1. The fourth-order valence-electron chi connectivity index (χ4n) is 2.13. The summed E-state index contributed by atoms with van der Waals surface area (Å²) in [5.74, 6) is -2.26. The van der Waals surface area contributed by atoms with Crippen molar-refractivity contribution in [2.24, 2.45) is 0 Å². The van der Waals surface area contributed by atoms with Gasteiger partial charge in [0, 0.05) is 34.6 Å². The van der Waals surface area contributed by atoms with Gasteiger partial charge in [-0.25, -0.2) is 13.8 Å². The number of halogens is 2. The molecule has 3 nitrogen and oxygen atoms in total. The summed E-state index contributed by atoms with van der Waals surface area (Å²) in [6, 6.07) is 5.35. The summed E-state index contributed by atoms with van der Waals surface area (Å²) in [5.41, 5.74) is 1.57. The fourth-order valence-corrected chi connectivity index (χ4v) is 3.63. The normalized spacial score (nSPS) is 10.7. The summed E-state index contributed by atoms with van der Waals surface area (Å²) < 4.78 is 26.5. The van der Waals surface area contributed by atoms with Gasteiger partial charge in [-0.2, -0.15) is 11.3 Å². The molecule has 0 aliphatic heterocycles. The molecule has 3 aromatic rings. The van der Waals surface area contributed by atoms with Gasteiger partial charge >= 0.3 is 0 Å². The fraction of sp³-hybridized carbons (Fsp3) is 0.125. The first-order valence-corrected chi connectivity index (χ1v) is 8.67. The van der Waals surface area contributed by atoms with Crippen molar-refractivity contribution in [3.05, 3.63) is 57.7 Å². The Morgan fingerprint density at radius 2 is 2.04 bits per heavy atom. The molecule has 2 aromatic heterocycles. The van der Waals surface area contributed by atoms with Gasteiger partial charge in [-0.3, -0.25) is 4.79 Å². The first kappa shape index (κ1) is 15.8. The molecule has 23 heavy (non-hydrogen) atoms. The van der Waals surface area contributed by atoms with Crippen LogP contribution in [-0.2, 0) is 0 Å². The lowest BCUT2D eigenvalue weighted by Crippen LogP contribution is -2.31. The minimum atomic E-state index is -0.981. The van der Waals surface area contributed by atoms with Crippen LogP contribution in [0.3, 0.4) is 0 Å². The lowest BCUT2D eigenvalue weighted by atomic mass is 10.2. The molecule has 0 radical (unpaired) electrons. The van der Waals surface area contributed by atoms with Crippen LogP contribution in [-0.4, -0.2) is 17.4 Å². The molecule has 0 N–H and O–H groups in total. The van der Waals surface area contributed by atoms with Crippen molar-refractivity contribution < 1.29 is 13.6 Å². The predicted octanol–water partition coefficient (Wildman–Crippen LogP) is 4.82. The summed E-state index contributed by atoms with van der Waals surface area (Å²) in [5, 5.41) is 6.34. The van der Waals surface area contributed by atoms with Crippen LogP contribution in [0.25, 0.3) is 10.6 Å². The standard InChI is InChI=1S/C16H12F2N2OS2/c1-2-20(11-3-4-12(17)13(18)7-11)16(21)14-9-23-15(19-14)10-5-6-22-8-10/h3-9H,2H2,1H3. The second kappa shape index (κ2) is 6.55. The van der Waals surface area contributed by atoms with Crippen LogP contribution in [0.15, 0.2) is 40.4 Å². The van der Waals surface area contributed by atoms with E-state index in [0.29, 0.717) is 17.9 Å². The summed E-state index contributed by atoms with van der Waals surface area (Å²) >= 11 is 2.94. The Morgan fingerprint density at radius 3 is 2.70 bits per heavy atom. The summed E-state index contributed by atoms with van der Waals surface area (Å²) in [4.78, 5) is 18.3. The van der Waals surface area contributed by atoms with E-state index < -0.39 is 11.6 Å². The molecule has 0 bridgehead atoms. The highest BCUT2D eigenvalue weighted by atomic mass is 32.1. The summed E-state index contributed by atoms with van der Waals surface area (Å²) in [6.45, 7) is 2.10. The maximum atomic E-state index is 13.4. The lowest BCUT2D eigenvalue weighted by molar-refractivity contribution is 0.0984. The van der Waals surface area contributed by atoms with Gasteiger partial charge in [-0.1, -0.05) is 0 Å². The molecule has 0 saturated heterocycles. The number of carbonyl (C=O) groups is 1. The number of thiazole rings is 1. The molecule has 0 unspecified atom stereocenters. The van der Waals surface area contributed by atoms with Gasteiger partial charge < -0.3 is 4.90 Å². The van der Waals surface area contributed by atoms with E-state index in [4.69, 9.17) is 0 Å². The number of benzene rings is 1. The number of aromatic nitrogens is 1. The Kier molecular flexibility index (Phi) is 4.49. The van der Waals surface area contributed by atoms with Gasteiger partial charge in [0.15, 0.2) is 11.6 Å². The number of anilines is 1. The van der Waals surface area contributed by atoms with Gasteiger partial charge in [0.25, 0.3) is 5.91 Å². The molecule has 2 heterocycles. The van der Waals surface area contributed by atoms with Crippen LogP contribution in [0.5, 0.6) is 0 Å². The van der Waals surface area contributed by atoms with Gasteiger partial charge in [-0.05, 0) is 30.5 Å². The Hall–Kier alpha value is -2.12. The molecule has 0 atom stereocenters. The van der Waals surface area contributed by atoms with Crippen molar-refractivity contribution in [2.45, 2.75) is 6.92 Å². The van der Waals surface area contributed by atoms with E-state index in [-0.39, 0.29) is 5.91 Å². The topological polar surface area (TPSA) is 33.2 Å². The van der Waals surface area contributed by atoms with Crippen molar-refractivity contribution in [1.29, 1.82) is 0 Å². The SMILES string of the molecule is CCN(C(=O)c1csc(-c2ccsc2)n1)c1ccc(F)c(F)c1. The zero-order valence-electron chi connectivity index (χ0n) is 12.1. The van der Waals surface area contributed by atoms with Crippen molar-refractivity contribution in [3.8, 4) is 10.6 Å². The van der Waals surface area contributed by atoms with Crippen LogP contribution in [0.2, 0.25) is 0 Å². The molecule has 118 valence electrons. The molecule has 3 rings (SSSR count). The highest BCUT2D eigenvalue weighted by Gasteiger charge is 2.20. The number of hydrogen-bond donors (Lipinski definition) is 0. The zero-order chi connectivity index (χ0) is 16.4. The minimum absolute atomic E-state index is 0.294. The summed E-state index contributed by atoms with van der Waals surface area (Å²) in [7, 11) is 0. The molecule has 0 fully saturated rings. The Bertz CT molecular complexity index is 830. The van der Waals surface area contributed by atoms with Crippen LogP contribution >= 0.6 is 22.7 Å². The van der Waals surface area contributed by atoms with E-state index in [1.54, 1.807) is 23.6 Å². The third kappa shape index (κ3) is 3.16. The van der Waals surface area contributed by atoms with E-state index in [9.17, 15) is 13.6 Å². The second-order valence-corrected chi connectivity index (χ2v) is 6.34. The van der Waals surface area contributed by atoms with Crippen LogP contribution in [0.1, 0.15) is 17.4 Å². The van der Waals surface area contributed by atoms with Crippen LogP contribution in [0.4, 0.5) is 14.5 Å². The van der Waals surface area contributed by atoms with Gasteiger partial charge in [0.2, 0.25) is 0 Å². The van der Waals surface area contributed by atoms with E-state index in [1.807, 2.05) is 16.8 Å². The van der Waals surface area contributed by atoms with Gasteiger partial charge in [0.05, 0.1) is 0 Å². The average Bonchev–Trinajstić information content (AvgIpc) is 3.21. The Morgan fingerprint density at radius 1 is 1.22 bits per heavy atom. The van der Waals surface area contributed by atoms with Crippen LogP contribution < -0.4 is 4.90 Å². The predicted molar refractivity (Wildman–Crippen MR) is 89.1 cm³/mol. The van der Waals surface area contributed by atoms with Gasteiger partial charge in [-0.15, -0.1) is 11.3 Å². The smallest absolute Gasteiger partial charge is 0.277 e. The molecule has 0 aliphatic rings. The molecule has 1 aromatic carbocycles. The monoisotopic (exact) mass is 350 g/mol. The molecular formula is C16H12F2N2OS2. The van der Waals surface area contributed by atoms with E-state index in [2.05, 4.69) is 4.98 Å². The summed E-state index contributed by atoms with van der Waals surface area (Å²) in [6.07, 6.45) is 0. The van der Waals surface area contributed by atoms with Gasteiger partial charge in [0.1, 0.15) is 10.7 Å². The first-order chi connectivity index (χ1) is 11.1. The third-order valence-electron chi connectivity index (χ3n) is 3.27. The zero-order valence-corrected chi connectivity index (χ0v) is 13.8. The molecule has 0 aliphatic carbocycles. The number of carbonyl (C=O) groups excluding carboxylic acids is 1. The Balaban J connectivity index is 1.89. The highest BCUT2D eigenvalue weighted by Crippen LogP contribution is 2.27. The molecule has 7 heteroatoms. The maximum absolute atomic E-state index is 13.4. The number of nitrogens with zero attached hydrogens (tertiary/aromatic N) is 2. The van der Waals surface area contributed by atoms with Crippen molar-refractivity contribution in [1.82, 2.24) is 4.98 Å². The minimum Gasteiger partial charge on any atom is -0.307 e. The molecule has 0 spiro atoms. The Labute approximate surface area is 139 Å². The quantitative estimate of drug-likeness (QED) is 0.676.